The van der Waals surface area contributed by atoms with E-state index in [0.717, 1.165) is 57.5 Å². The van der Waals surface area contributed by atoms with E-state index in [0.29, 0.717) is 6.04 Å². The lowest BCUT2D eigenvalue weighted by atomic mass is 9.85. The highest BCUT2D eigenvalue weighted by Gasteiger charge is 2.35. The van der Waals surface area contributed by atoms with Gasteiger partial charge in [-0.2, -0.15) is 0 Å². The van der Waals surface area contributed by atoms with Crippen molar-refractivity contribution in [3.05, 3.63) is 71.5 Å². The van der Waals surface area contributed by atoms with Gasteiger partial charge in [0.25, 0.3) is 0 Å². The van der Waals surface area contributed by atoms with E-state index in [2.05, 4.69) is 40.1 Å². The van der Waals surface area contributed by atoms with Gasteiger partial charge in [0, 0.05) is 44.7 Å². The smallest absolute Gasteiger partial charge is 0.123 e. The second-order valence-corrected chi connectivity index (χ2v) is 8.02. The first-order chi connectivity index (χ1) is 13.2. The Bertz CT molecular complexity index is 721. The van der Waals surface area contributed by atoms with Crippen LogP contribution in [0.25, 0.3) is 0 Å². The first-order valence-electron chi connectivity index (χ1n) is 10.1. The first-order valence-corrected chi connectivity index (χ1v) is 10.1. The van der Waals surface area contributed by atoms with Crippen molar-refractivity contribution in [3.8, 4) is 0 Å². The highest BCUT2D eigenvalue weighted by atomic mass is 19.1. The molecular formula is C23H29FN2O. The number of nitrogens with zero attached hydrogens (tertiary/aromatic N) is 2. The molecule has 2 aromatic carbocycles. The largest absolute Gasteiger partial charge is 0.388 e. The Morgan fingerprint density at radius 3 is 2.52 bits per heavy atom. The molecule has 3 atom stereocenters. The number of rotatable bonds is 5. The third-order valence-corrected chi connectivity index (χ3v) is 6.25. The summed E-state index contributed by atoms with van der Waals surface area (Å²) in [5.74, 6) is -0.0103. The van der Waals surface area contributed by atoms with Crippen LogP contribution in [0.3, 0.4) is 0 Å². The average Bonchev–Trinajstić information content (AvgIpc) is 2.72. The molecule has 144 valence electrons. The van der Waals surface area contributed by atoms with Crippen molar-refractivity contribution in [2.75, 3.05) is 32.7 Å². The van der Waals surface area contributed by atoms with Gasteiger partial charge in [0.2, 0.25) is 0 Å². The first kappa shape index (κ1) is 18.6. The molecule has 2 fully saturated rings. The number of hydrogen-bond acceptors (Lipinski definition) is 3. The van der Waals surface area contributed by atoms with Gasteiger partial charge in [-0.25, -0.2) is 4.39 Å². The molecule has 2 heterocycles. The highest BCUT2D eigenvalue weighted by Crippen LogP contribution is 2.33. The molecule has 0 bridgehead atoms. The Hall–Kier alpha value is -1.75. The van der Waals surface area contributed by atoms with Crippen molar-refractivity contribution in [3.63, 3.8) is 0 Å². The van der Waals surface area contributed by atoms with Gasteiger partial charge >= 0.3 is 0 Å². The van der Waals surface area contributed by atoms with Crippen LogP contribution in [0.15, 0.2) is 54.6 Å². The maximum Gasteiger partial charge on any atom is 0.123 e. The third kappa shape index (κ3) is 4.57. The van der Waals surface area contributed by atoms with Crippen molar-refractivity contribution < 1.29 is 9.50 Å². The van der Waals surface area contributed by atoms with E-state index in [1.807, 2.05) is 0 Å². The van der Waals surface area contributed by atoms with Gasteiger partial charge in [0.05, 0.1) is 6.10 Å². The summed E-state index contributed by atoms with van der Waals surface area (Å²) < 4.78 is 13.1. The van der Waals surface area contributed by atoms with E-state index in [4.69, 9.17) is 0 Å². The predicted molar refractivity (Wildman–Crippen MR) is 106 cm³/mol. The molecule has 4 heteroatoms. The molecule has 2 aliphatic rings. The molecule has 1 unspecified atom stereocenters. The Labute approximate surface area is 161 Å². The minimum atomic E-state index is -0.498. The van der Waals surface area contributed by atoms with Crippen LogP contribution in [-0.2, 0) is 6.42 Å². The number of piperazine rings is 1. The highest BCUT2D eigenvalue weighted by molar-refractivity contribution is 5.19. The Morgan fingerprint density at radius 2 is 1.74 bits per heavy atom. The second kappa shape index (κ2) is 8.51. The lowest BCUT2D eigenvalue weighted by Crippen LogP contribution is -2.57. The fourth-order valence-corrected chi connectivity index (χ4v) is 4.60. The van der Waals surface area contributed by atoms with E-state index in [-0.39, 0.29) is 11.7 Å². The van der Waals surface area contributed by atoms with Gasteiger partial charge < -0.3 is 10.0 Å². The molecule has 0 radical (unpaired) electrons. The Balaban J connectivity index is 1.29. The summed E-state index contributed by atoms with van der Waals surface area (Å²) in [7, 11) is 0. The maximum absolute atomic E-state index is 13.1. The summed E-state index contributed by atoms with van der Waals surface area (Å²) in [5, 5.41) is 10.7. The maximum atomic E-state index is 13.1. The molecule has 0 saturated carbocycles. The van der Waals surface area contributed by atoms with Crippen molar-refractivity contribution >= 4 is 0 Å². The van der Waals surface area contributed by atoms with Gasteiger partial charge in [-0.1, -0.05) is 42.5 Å². The van der Waals surface area contributed by atoms with Crippen molar-refractivity contribution in [2.45, 2.75) is 31.4 Å². The lowest BCUT2D eigenvalue weighted by molar-refractivity contribution is -0.0115. The minimum Gasteiger partial charge on any atom is -0.388 e. The Morgan fingerprint density at radius 1 is 0.963 bits per heavy atom. The lowest BCUT2D eigenvalue weighted by Gasteiger charge is -2.47. The summed E-state index contributed by atoms with van der Waals surface area (Å²) in [6.07, 6.45) is 2.78. The zero-order valence-electron chi connectivity index (χ0n) is 15.8. The van der Waals surface area contributed by atoms with E-state index in [1.54, 1.807) is 12.1 Å². The number of benzene rings is 2. The van der Waals surface area contributed by atoms with Gasteiger partial charge in [-0.05, 0) is 42.5 Å². The molecule has 0 amide bonds. The average molecular weight is 368 g/mol. The summed E-state index contributed by atoms with van der Waals surface area (Å²) in [4.78, 5) is 5.14. The quantitative estimate of drug-likeness (QED) is 0.875. The molecule has 0 aliphatic carbocycles. The molecule has 2 saturated heterocycles. The van der Waals surface area contributed by atoms with Crippen LogP contribution >= 0.6 is 0 Å². The molecule has 1 N–H and O–H groups in total. The van der Waals surface area contributed by atoms with Gasteiger partial charge in [-0.15, -0.1) is 0 Å². The number of hydrogen-bond donors (Lipinski definition) is 1. The second-order valence-electron chi connectivity index (χ2n) is 8.02. The molecule has 27 heavy (non-hydrogen) atoms. The molecule has 2 aromatic rings. The van der Waals surface area contributed by atoms with Crippen LogP contribution in [-0.4, -0.2) is 53.7 Å². The fraction of sp³-hybridized carbons (Fsp3) is 0.478. The van der Waals surface area contributed by atoms with E-state index in [1.165, 1.54) is 17.7 Å². The van der Waals surface area contributed by atoms with Gasteiger partial charge in [0.15, 0.2) is 0 Å². The number of piperidine rings is 1. The summed E-state index contributed by atoms with van der Waals surface area (Å²) >= 11 is 0. The van der Waals surface area contributed by atoms with E-state index in [9.17, 15) is 9.50 Å². The van der Waals surface area contributed by atoms with Crippen LogP contribution in [0.5, 0.6) is 0 Å². The Kier molecular flexibility index (Phi) is 5.86. The van der Waals surface area contributed by atoms with E-state index < -0.39 is 6.10 Å². The summed E-state index contributed by atoms with van der Waals surface area (Å²) in [6, 6.07) is 17.6. The molecule has 0 spiro atoms. The van der Waals surface area contributed by atoms with Crippen molar-refractivity contribution in [1.82, 2.24) is 9.80 Å². The van der Waals surface area contributed by atoms with Crippen LogP contribution in [0.4, 0.5) is 4.39 Å². The third-order valence-electron chi connectivity index (χ3n) is 6.25. The molecular weight excluding hydrogens is 339 g/mol. The van der Waals surface area contributed by atoms with Crippen molar-refractivity contribution in [2.24, 2.45) is 5.92 Å². The van der Waals surface area contributed by atoms with Crippen LogP contribution in [0, 0.1) is 11.7 Å². The molecule has 4 rings (SSSR count). The molecule has 2 aliphatic heterocycles. The SMILES string of the molecule is OC(c1ccc(F)cc1)[C@H]1CC[C@H]2CN(CCc3ccccc3)CCN2C1. The normalized spacial score (nSPS) is 25.1. The number of aliphatic hydroxyl groups excluding tert-OH is 1. The minimum absolute atomic E-state index is 0.238. The van der Waals surface area contributed by atoms with Gasteiger partial charge in [-0.3, -0.25) is 4.90 Å². The fourth-order valence-electron chi connectivity index (χ4n) is 4.60. The van der Waals surface area contributed by atoms with Crippen molar-refractivity contribution in [1.29, 1.82) is 0 Å². The summed E-state index contributed by atoms with van der Waals surface area (Å²) in [5.41, 5.74) is 2.24. The zero-order valence-corrected chi connectivity index (χ0v) is 15.8. The van der Waals surface area contributed by atoms with E-state index >= 15 is 0 Å². The standard InChI is InChI=1S/C23H29FN2O/c24-21-9-6-19(7-10-21)23(27)20-8-11-22-17-25(14-15-26(22)16-20)13-12-18-4-2-1-3-5-18/h1-7,9-10,20,22-23,27H,8,11-17H2/t20-,22-,23?/m0/s1. The zero-order chi connectivity index (χ0) is 18.6. The molecule has 3 nitrogen and oxygen atoms in total. The van der Waals surface area contributed by atoms with Gasteiger partial charge in [0.1, 0.15) is 5.82 Å². The number of aliphatic hydroxyl groups is 1. The number of halogens is 1. The van der Waals surface area contributed by atoms with Crippen LogP contribution in [0.2, 0.25) is 0 Å². The molecule has 0 aromatic heterocycles. The van der Waals surface area contributed by atoms with Crippen LogP contribution in [0.1, 0.15) is 30.1 Å². The summed E-state index contributed by atoms with van der Waals surface area (Å²) in [6.45, 7) is 5.37. The topological polar surface area (TPSA) is 26.7 Å². The monoisotopic (exact) mass is 368 g/mol. The number of fused-ring (bicyclic) bond motifs is 1. The van der Waals surface area contributed by atoms with Crippen LogP contribution < -0.4 is 0 Å². The predicted octanol–water partition coefficient (Wildman–Crippen LogP) is 3.50.